The minimum Gasteiger partial charge on any atom is -0.481 e. The first kappa shape index (κ1) is 70.6. The highest BCUT2D eigenvalue weighted by molar-refractivity contribution is 9.10. The van der Waals surface area contributed by atoms with Crippen LogP contribution >= 0.6 is 15.9 Å². The summed E-state index contributed by atoms with van der Waals surface area (Å²) < 4.78 is 45.7. The smallest absolute Gasteiger partial charge is 0.325 e. The van der Waals surface area contributed by atoms with Crippen molar-refractivity contribution in [1.29, 1.82) is 0 Å². The van der Waals surface area contributed by atoms with Crippen LogP contribution in [0.25, 0.3) is 0 Å². The third kappa shape index (κ3) is 20.6. The van der Waals surface area contributed by atoms with Crippen molar-refractivity contribution in [2.45, 2.75) is 126 Å². The molecule has 2 aliphatic rings. The van der Waals surface area contributed by atoms with Gasteiger partial charge in [0.2, 0.25) is 11.8 Å². The third-order valence-electron chi connectivity index (χ3n) is 13.8. The number of nitrogens with zero attached hydrogens (tertiary/aromatic N) is 13. The second-order valence-corrected chi connectivity index (χ2v) is 24.0. The Morgan fingerprint density at radius 1 is 0.634 bits per heavy atom. The molecule has 1 aliphatic carbocycles. The van der Waals surface area contributed by atoms with Crippen molar-refractivity contribution in [1.82, 2.24) is 59.8 Å². The average Bonchev–Trinajstić information content (AvgIpc) is 1.65. The van der Waals surface area contributed by atoms with Gasteiger partial charge in [0.1, 0.15) is 63.0 Å². The van der Waals surface area contributed by atoms with E-state index < -0.39 is 5.60 Å². The van der Waals surface area contributed by atoms with Crippen LogP contribution in [0.4, 0.5) is 29.0 Å². The molecular formula is C66H82BrN17O9. The maximum atomic E-state index is 12.0. The highest BCUT2D eigenvalue weighted by Crippen LogP contribution is 2.52. The van der Waals surface area contributed by atoms with Crippen LogP contribution in [0.2, 0.25) is 0 Å². The summed E-state index contributed by atoms with van der Waals surface area (Å²) in [4.78, 5) is 64.8. The molecule has 0 radical (unpaired) electrons. The largest absolute Gasteiger partial charge is 0.481 e. The fourth-order valence-corrected chi connectivity index (χ4v) is 9.08. The molecule has 492 valence electrons. The number of aromatic nitrogens is 12. The molecule has 0 unspecified atom stereocenters. The first-order valence-corrected chi connectivity index (χ1v) is 30.9. The van der Waals surface area contributed by atoms with Gasteiger partial charge in [-0.3, -0.25) is 4.79 Å². The van der Waals surface area contributed by atoms with E-state index in [9.17, 15) is 4.79 Å². The van der Waals surface area contributed by atoms with Crippen LogP contribution in [0, 0.1) is 40.0 Å². The molecular weight excluding hydrogens is 1250 g/mol. The number of esters is 1. The van der Waals surface area contributed by atoms with Crippen LogP contribution in [-0.2, 0) is 19.7 Å². The molecule has 0 amide bonds. The average molecular weight is 1340 g/mol. The van der Waals surface area contributed by atoms with Gasteiger partial charge in [-0.15, -0.1) is 6.42 Å². The Morgan fingerprint density at radius 2 is 1.11 bits per heavy atom. The lowest BCUT2D eigenvalue weighted by molar-refractivity contribution is -0.152. The lowest BCUT2D eigenvalue weighted by atomic mass is 9.99. The van der Waals surface area contributed by atoms with Crippen molar-refractivity contribution < 1.29 is 42.7 Å². The Bertz CT molecular complexity index is 3890. The van der Waals surface area contributed by atoms with Crippen molar-refractivity contribution in [3.8, 4) is 70.1 Å². The fourth-order valence-electron chi connectivity index (χ4n) is 8.77. The number of nitrogen functional groups attached to an aromatic ring is 2. The summed E-state index contributed by atoms with van der Waals surface area (Å²) in [6.07, 6.45) is 21.1. The van der Waals surface area contributed by atoms with Crippen LogP contribution < -0.4 is 55.4 Å². The second kappa shape index (κ2) is 32.5. The van der Waals surface area contributed by atoms with E-state index in [1.165, 1.54) is 0 Å². The molecule has 9 heterocycles. The molecule has 0 bridgehead atoms. The van der Waals surface area contributed by atoms with E-state index in [0.717, 1.165) is 54.9 Å². The predicted molar refractivity (Wildman–Crippen MR) is 358 cm³/mol. The number of hydrogen-bond donors (Lipinski definition) is 4. The highest BCUT2D eigenvalue weighted by atomic mass is 79.9. The Balaban J connectivity index is 0.000000176. The number of nitrogens with two attached hydrogens (primary N) is 2. The zero-order chi connectivity index (χ0) is 67.6. The Hall–Kier alpha value is -9.81. The van der Waals surface area contributed by atoms with Gasteiger partial charge in [-0.25, -0.2) is 59.8 Å². The van der Waals surface area contributed by atoms with Crippen molar-refractivity contribution >= 4 is 50.9 Å². The molecule has 6 N–H and O–H groups in total. The Labute approximate surface area is 551 Å². The number of pyridine rings is 4. The molecule has 1 saturated heterocycles. The topological polar surface area (TPSA) is 325 Å². The first-order chi connectivity index (χ1) is 44.3. The molecule has 2 fully saturated rings. The van der Waals surface area contributed by atoms with Crippen LogP contribution in [0.5, 0.6) is 57.8 Å². The Morgan fingerprint density at radius 3 is 1.60 bits per heavy atom. The van der Waals surface area contributed by atoms with Crippen molar-refractivity contribution in [2.24, 2.45) is 0 Å². The number of terminal acetylenes is 1. The summed E-state index contributed by atoms with van der Waals surface area (Å²) in [7, 11) is 3.14. The molecule has 0 aromatic carbocycles. The number of anilines is 5. The molecule has 27 heteroatoms. The molecule has 0 spiro atoms. The van der Waals surface area contributed by atoms with Gasteiger partial charge in [0.25, 0.3) is 0 Å². The molecule has 0 atom stereocenters. The maximum absolute atomic E-state index is 12.0. The zero-order valence-corrected chi connectivity index (χ0v) is 56.9. The molecule has 8 aromatic heterocycles. The zero-order valence-electron chi connectivity index (χ0n) is 55.3. The number of ether oxygens (including phenoxy) is 8. The molecule has 1 aliphatic heterocycles. The van der Waals surface area contributed by atoms with Gasteiger partial charge >= 0.3 is 5.97 Å². The van der Waals surface area contributed by atoms with Gasteiger partial charge < -0.3 is 64.9 Å². The monoisotopic (exact) mass is 1340 g/mol. The summed E-state index contributed by atoms with van der Waals surface area (Å²) in [5, 5.41) is 6.16. The highest BCUT2D eigenvalue weighted by Gasteiger charge is 2.42. The lowest BCUT2D eigenvalue weighted by Crippen LogP contribution is -2.36. The minimum atomic E-state index is -0.546. The standard InChI is InChI=1S/C19H25BrN4O3.C17H20N4O.C15H19N5O3.C15H18N4O2/c1-11(2)13-8-22-16(20)7-14(13)26-15-9-21-12(3)24-18(15)23-10-17(25)27-19(4,5)6;1-6-13-8-15(14(9-20-13)11(3)4)22-16-10-19-12(5)21-17(16)18-7-2;1-10-17-9-13(15(16)19-10)23-12-7-14(21-2)18-8-11(12)20-3-5-22-6-4-20;1-9-17-8-12(14(16)19-9)21-11-6-13(20-3)18-7-10(11)15(2)4-5-15/h7-9,11H,10H2,1-6H3,(H,21,23,24);1,8-11H,7H2,2-5H3,(H,18,19,21);7-9H,3-6H2,1-2H3,(H2,16,17,19);6-8H,4-5H2,1-3H3,(H2,16,17,19). The summed E-state index contributed by atoms with van der Waals surface area (Å²) in [5.74, 6) is 12.3. The molecule has 1 saturated carbocycles. The van der Waals surface area contributed by atoms with Gasteiger partial charge in [-0.2, -0.15) is 0 Å². The number of nitrogens with one attached hydrogen (secondary N) is 2. The number of carbonyl (C=O) groups excluding carboxylic acids is 1. The van der Waals surface area contributed by atoms with Crippen LogP contribution in [0.3, 0.4) is 0 Å². The van der Waals surface area contributed by atoms with E-state index >= 15 is 0 Å². The van der Waals surface area contributed by atoms with Gasteiger partial charge in [-0.1, -0.05) is 40.5 Å². The normalized spacial score (nSPS) is 12.9. The number of morpholine rings is 1. The molecule has 10 rings (SSSR count). The van der Waals surface area contributed by atoms with E-state index in [-0.39, 0.29) is 29.8 Å². The van der Waals surface area contributed by atoms with Crippen molar-refractivity contribution in [3.05, 3.63) is 124 Å². The van der Waals surface area contributed by atoms with E-state index in [0.29, 0.717) is 128 Å². The lowest BCUT2D eigenvalue weighted by Gasteiger charge is -2.30. The van der Waals surface area contributed by atoms with Crippen molar-refractivity contribution in [3.63, 3.8) is 0 Å². The summed E-state index contributed by atoms with van der Waals surface area (Å²) in [5.41, 5.74) is 15.8. The fraction of sp³-hybridized carbons (Fsp3) is 0.409. The first-order valence-electron chi connectivity index (χ1n) is 30.1. The summed E-state index contributed by atoms with van der Waals surface area (Å²) in [6.45, 7) is 28.7. The van der Waals surface area contributed by atoms with E-state index in [4.69, 9.17) is 55.8 Å². The van der Waals surface area contributed by atoms with E-state index in [1.807, 2.05) is 40.8 Å². The van der Waals surface area contributed by atoms with Gasteiger partial charge in [-0.05, 0) is 101 Å². The molecule has 93 heavy (non-hydrogen) atoms. The van der Waals surface area contributed by atoms with Gasteiger partial charge in [0.15, 0.2) is 52.0 Å². The maximum Gasteiger partial charge on any atom is 0.325 e. The van der Waals surface area contributed by atoms with Crippen LogP contribution in [0.15, 0.2) is 78.4 Å². The summed E-state index contributed by atoms with van der Waals surface area (Å²) in [6, 6.07) is 7.07. The quantitative estimate of drug-likeness (QED) is 0.0332. The van der Waals surface area contributed by atoms with E-state index in [2.05, 4.69) is 132 Å². The van der Waals surface area contributed by atoms with Gasteiger partial charge in [0.05, 0.1) is 64.1 Å². The van der Waals surface area contributed by atoms with Gasteiger partial charge in [0, 0.05) is 79.2 Å². The second-order valence-electron chi connectivity index (χ2n) is 23.2. The Kier molecular flexibility index (Phi) is 24.7. The number of rotatable bonds is 19. The molecule has 26 nitrogen and oxygen atoms in total. The summed E-state index contributed by atoms with van der Waals surface area (Å²) >= 11 is 3.37. The number of methoxy groups -OCH3 is 2. The number of carbonyl (C=O) groups is 1. The van der Waals surface area contributed by atoms with Crippen molar-refractivity contribution in [2.75, 3.05) is 80.6 Å². The minimum absolute atomic E-state index is 0.0266. The SMILES string of the molecule is C#Cc1cc(Oc2cnc(C)nc2NCC)c(C(C)C)cn1.COc1cc(Oc2cnc(C)nc2N)c(C2(C)CC2)cn1.COc1cc(Oc2cnc(C)nc2N)c(N2CCOCC2)cn1.Cc1ncc(Oc2cc(Br)ncc2C(C)C)c(NCC(=O)OC(C)(C)C)n1. The van der Waals surface area contributed by atoms with Crippen LogP contribution in [0.1, 0.15) is 133 Å². The number of halogens is 1. The van der Waals surface area contributed by atoms with E-state index in [1.54, 1.807) is 103 Å². The predicted octanol–water partition coefficient (Wildman–Crippen LogP) is 12.1. The number of hydrogen-bond acceptors (Lipinski definition) is 26. The third-order valence-corrected chi connectivity index (χ3v) is 14.3. The number of aryl methyl sites for hydroxylation is 4. The molecule has 8 aromatic rings. The van der Waals surface area contributed by atoms with Crippen LogP contribution in [-0.4, -0.2) is 125 Å².